The van der Waals surface area contributed by atoms with E-state index in [9.17, 15) is 25.0 Å². The second-order valence-corrected chi connectivity index (χ2v) is 4.39. The zero-order valence-electron chi connectivity index (χ0n) is 12.0. The molecule has 1 amide bonds. The summed E-state index contributed by atoms with van der Waals surface area (Å²) < 4.78 is 6.12. The number of benzene rings is 1. The van der Waals surface area contributed by atoms with E-state index < -0.39 is 21.4 Å². The van der Waals surface area contributed by atoms with Gasteiger partial charge in [0.25, 0.3) is 11.6 Å². The summed E-state index contributed by atoms with van der Waals surface area (Å²) in [6, 6.07) is 3.57. The third-order valence-corrected chi connectivity index (χ3v) is 2.87. The summed E-state index contributed by atoms with van der Waals surface area (Å²) in [5, 5.41) is 27.8. The molecule has 1 aromatic carbocycles. The summed E-state index contributed by atoms with van der Waals surface area (Å²) in [7, 11) is 2.72. The number of aryl methyl sites for hydroxylation is 1. The molecule has 11 nitrogen and oxygen atoms in total. The van der Waals surface area contributed by atoms with Crippen LogP contribution in [0.1, 0.15) is 10.5 Å². The normalized spacial score (nSPS) is 10.2. The first-order valence-corrected chi connectivity index (χ1v) is 6.15. The molecule has 0 fully saturated rings. The molecular weight excluding hydrogens is 310 g/mol. The molecule has 1 aromatic heterocycles. The molecule has 0 radical (unpaired) electrons. The molecule has 2 aromatic rings. The fourth-order valence-corrected chi connectivity index (χ4v) is 1.85. The fourth-order valence-electron chi connectivity index (χ4n) is 1.85. The van der Waals surface area contributed by atoms with Crippen LogP contribution in [0.4, 0.5) is 17.1 Å². The Morgan fingerprint density at radius 2 is 2.00 bits per heavy atom. The molecule has 0 aliphatic rings. The van der Waals surface area contributed by atoms with Crippen molar-refractivity contribution in [3.05, 3.63) is 50.3 Å². The molecule has 0 spiro atoms. The number of nitro groups is 2. The summed E-state index contributed by atoms with van der Waals surface area (Å²) >= 11 is 0. The minimum absolute atomic E-state index is 0.0473. The largest absolute Gasteiger partial charge is 0.494 e. The number of ether oxygens (including phenoxy) is 1. The predicted molar refractivity (Wildman–Crippen MR) is 77.5 cm³/mol. The molecule has 0 aliphatic carbocycles. The zero-order chi connectivity index (χ0) is 17.1. The minimum atomic E-state index is -0.829. The van der Waals surface area contributed by atoms with Crippen LogP contribution in [0.2, 0.25) is 0 Å². The average molecular weight is 321 g/mol. The van der Waals surface area contributed by atoms with E-state index in [-0.39, 0.29) is 22.8 Å². The Labute approximate surface area is 128 Å². The maximum Gasteiger partial charge on any atom is 0.320 e. The van der Waals surface area contributed by atoms with Gasteiger partial charge in [-0.05, 0) is 6.07 Å². The number of carbonyl (C=O) groups excluding carboxylic acids is 1. The van der Waals surface area contributed by atoms with Gasteiger partial charge in [-0.3, -0.25) is 29.7 Å². The Hall–Kier alpha value is -3.50. The first kappa shape index (κ1) is 15.9. The van der Waals surface area contributed by atoms with Gasteiger partial charge in [0.05, 0.1) is 28.7 Å². The molecule has 0 atom stereocenters. The highest BCUT2D eigenvalue weighted by Gasteiger charge is 2.26. The summed E-state index contributed by atoms with van der Waals surface area (Å²) in [5.74, 6) is -0.782. The van der Waals surface area contributed by atoms with Gasteiger partial charge in [0, 0.05) is 13.1 Å². The number of nitrogens with one attached hydrogen (secondary N) is 1. The van der Waals surface area contributed by atoms with Crippen molar-refractivity contribution in [3.63, 3.8) is 0 Å². The molecule has 0 unspecified atom stereocenters. The zero-order valence-corrected chi connectivity index (χ0v) is 12.0. The van der Waals surface area contributed by atoms with Crippen molar-refractivity contribution in [2.45, 2.75) is 0 Å². The lowest BCUT2D eigenvalue weighted by Gasteiger charge is -2.08. The second-order valence-electron chi connectivity index (χ2n) is 4.39. The highest BCUT2D eigenvalue weighted by Crippen LogP contribution is 2.29. The van der Waals surface area contributed by atoms with Crippen molar-refractivity contribution >= 4 is 23.0 Å². The highest BCUT2D eigenvalue weighted by molar-refractivity contribution is 6.06. The molecule has 1 N–H and O–H groups in total. The van der Waals surface area contributed by atoms with Crippen molar-refractivity contribution in [2.24, 2.45) is 7.05 Å². The topological polar surface area (TPSA) is 142 Å². The van der Waals surface area contributed by atoms with Crippen molar-refractivity contribution in [1.82, 2.24) is 9.78 Å². The number of aromatic nitrogens is 2. The van der Waals surface area contributed by atoms with Gasteiger partial charge >= 0.3 is 5.69 Å². The first-order chi connectivity index (χ1) is 10.8. The Balaban J connectivity index is 2.34. The molecule has 1 heterocycles. The lowest BCUT2D eigenvalue weighted by Crippen LogP contribution is -2.15. The van der Waals surface area contributed by atoms with E-state index in [4.69, 9.17) is 4.74 Å². The van der Waals surface area contributed by atoms with Gasteiger partial charge in [-0.1, -0.05) is 0 Å². The van der Waals surface area contributed by atoms with Crippen LogP contribution < -0.4 is 10.1 Å². The van der Waals surface area contributed by atoms with Gasteiger partial charge in [-0.15, -0.1) is 0 Å². The number of hydrogen-bond donors (Lipinski definition) is 1. The first-order valence-electron chi connectivity index (χ1n) is 6.15. The van der Waals surface area contributed by atoms with Gasteiger partial charge in [0.15, 0.2) is 0 Å². The van der Waals surface area contributed by atoms with Crippen LogP contribution in [0.3, 0.4) is 0 Å². The summed E-state index contributed by atoms with van der Waals surface area (Å²) in [5.41, 5.74) is -0.921. The van der Waals surface area contributed by atoms with Crippen LogP contribution in [0.15, 0.2) is 24.4 Å². The monoisotopic (exact) mass is 321 g/mol. The number of anilines is 1. The molecule has 2 rings (SSSR count). The summed E-state index contributed by atoms with van der Waals surface area (Å²) in [6.07, 6.45) is 1.10. The Morgan fingerprint density at radius 1 is 1.30 bits per heavy atom. The summed E-state index contributed by atoms with van der Waals surface area (Å²) in [4.78, 5) is 32.4. The number of nitro benzene ring substituents is 1. The molecular formula is C12H11N5O6. The quantitative estimate of drug-likeness (QED) is 0.649. The van der Waals surface area contributed by atoms with E-state index in [0.29, 0.717) is 0 Å². The molecule has 0 saturated carbocycles. The van der Waals surface area contributed by atoms with Crippen LogP contribution in [-0.2, 0) is 7.05 Å². The van der Waals surface area contributed by atoms with E-state index in [2.05, 4.69) is 10.4 Å². The third-order valence-electron chi connectivity index (χ3n) is 2.87. The van der Waals surface area contributed by atoms with Gasteiger partial charge in [0.1, 0.15) is 11.9 Å². The standard InChI is InChI=1S/C12H11N5O6/c1-15-6-9(17(21)22)11(14-15)12(18)13-8-4-3-7(16(19)20)5-10(8)23-2/h3-6H,1-2H3,(H,13,18). The predicted octanol–water partition coefficient (Wildman–Crippen LogP) is 1.50. The number of amides is 1. The van der Waals surface area contributed by atoms with E-state index in [1.165, 1.54) is 26.3 Å². The molecule has 0 bridgehead atoms. The lowest BCUT2D eigenvalue weighted by atomic mass is 10.2. The Kier molecular flexibility index (Phi) is 4.21. The SMILES string of the molecule is COc1cc([N+](=O)[O-])ccc1NC(=O)c1nn(C)cc1[N+](=O)[O-]. The van der Waals surface area contributed by atoms with Crippen molar-refractivity contribution in [3.8, 4) is 5.75 Å². The molecule has 23 heavy (non-hydrogen) atoms. The lowest BCUT2D eigenvalue weighted by molar-refractivity contribution is -0.385. The van der Waals surface area contributed by atoms with E-state index in [1.807, 2.05) is 0 Å². The number of carbonyl (C=O) groups is 1. The van der Waals surface area contributed by atoms with E-state index in [0.717, 1.165) is 16.9 Å². The molecule has 0 saturated heterocycles. The van der Waals surface area contributed by atoms with Crippen LogP contribution in [0.5, 0.6) is 5.75 Å². The maximum atomic E-state index is 12.2. The number of methoxy groups -OCH3 is 1. The van der Waals surface area contributed by atoms with E-state index >= 15 is 0 Å². The van der Waals surface area contributed by atoms with Crippen LogP contribution in [0.25, 0.3) is 0 Å². The van der Waals surface area contributed by atoms with Crippen molar-refractivity contribution in [2.75, 3.05) is 12.4 Å². The molecule has 0 aliphatic heterocycles. The van der Waals surface area contributed by atoms with E-state index in [1.54, 1.807) is 0 Å². The Morgan fingerprint density at radius 3 is 2.57 bits per heavy atom. The van der Waals surface area contributed by atoms with Gasteiger partial charge in [-0.25, -0.2) is 0 Å². The highest BCUT2D eigenvalue weighted by atomic mass is 16.6. The maximum absolute atomic E-state index is 12.2. The van der Waals surface area contributed by atoms with Crippen LogP contribution >= 0.6 is 0 Å². The van der Waals surface area contributed by atoms with Gasteiger partial charge < -0.3 is 10.1 Å². The third kappa shape index (κ3) is 3.23. The summed E-state index contributed by atoms with van der Waals surface area (Å²) in [6.45, 7) is 0. The fraction of sp³-hybridized carbons (Fsp3) is 0.167. The number of nitrogens with zero attached hydrogens (tertiary/aromatic N) is 4. The second kappa shape index (κ2) is 6.09. The van der Waals surface area contributed by atoms with Crippen molar-refractivity contribution < 1.29 is 19.4 Å². The number of non-ortho nitro benzene ring substituents is 1. The number of hydrogen-bond acceptors (Lipinski definition) is 7. The van der Waals surface area contributed by atoms with Crippen LogP contribution in [0, 0.1) is 20.2 Å². The number of rotatable bonds is 5. The molecule has 120 valence electrons. The Bertz CT molecular complexity index is 799. The van der Waals surface area contributed by atoms with Crippen molar-refractivity contribution in [1.29, 1.82) is 0 Å². The van der Waals surface area contributed by atoms with Gasteiger partial charge in [0.2, 0.25) is 5.69 Å². The minimum Gasteiger partial charge on any atom is -0.494 e. The smallest absolute Gasteiger partial charge is 0.320 e. The van der Waals surface area contributed by atoms with Gasteiger partial charge in [-0.2, -0.15) is 5.10 Å². The van der Waals surface area contributed by atoms with Crippen LogP contribution in [-0.4, -0.2) is 32.6 Å². The average Bonchev–Trinajstić information content (AvgIpc) is 2.89. The molecule has 11 heteroatoms.